The molecule has 1 unspecified atom stereocenters. The first-order valence-corrected chi connectivity index (χ1v) is 8.98. The number of nitrogens with one attached hydrogen (secondary N) is 1. The zero-order chi connectivity index (χ0) is 15.4. The second kappa shape index (κ2) is 7.75. The van der Waals surface area contributed by atoms with E-state index in [1.54, 1.807) is 0 Å². The maximum atomic E-state index is 3.75. The van der Waals surface area contributed by atoms with Gasteiger partial charge in [0, 0.05) is 30.1 Å². The third kappa shape index (κ3) is 5.08. The van der Waals surface area contributed by atoms with Crippen LogP contribution in [-0.4, -0.2) is 24.0 Å². The molecule has 1 heterocycles. The van der Waals surface area contributed by atoms with Crippen molar-refractivity contribution in [1.29, 1.82) is 0 Å². The van der Waals surface area contributed by atoms with Gasteiger partial charge in [-0.2, -0.15) is 0 Å². The molecule has 0 bridgehead atoms. The van der Waals surface area contributed by atoms with Gasteiger partial charge < -0.3 is 5.32 Å². The van der Waals surface area contributed by atoms with E-state index in [2.05, 4.69) is 72.0 Å². The molecule has 0 aromatic heterocycles. The third-order valence-electron chi connectivity index (χ3n) is 4.48. The molecule has 0 aliphatic carbocycles. The average molecular weight is 353 g/mol. The molecule has 1 N–H and O–H groups in total. The van der Waals surface area contributed by atoms with Crippen molar-refractivity contribution in [2.45, 2.75) is 53.2 Å². The van der Waals surface area contributed by atoms with Gasteiger partial charge >= 0.3 is 0 Å². The molecule has 0 amide bonds. The topological polar surface area (TPSA) is 15.3 Å². The minimum Gasteiger partial charge on any atom is -0.310 e. The van der Waals surface area contributed by atoms with Gasteiger partial charge in [-0.05, 0) is 42.0 Å². The summed E-state index contributed by atoms with van der Waals surface area (Å²) in [5.74, 6) is 1.68. The van der Waals surface area contributed by atoms with Crippen LogP contribution in [-0.2, 0) is 13.1 Å². The number of hydrogen-bond donors (Lipinski definition) is 1. The SMILES string of the molecule is CC(C)NCc1ccc(CN2CCC(C(C)C)C2)c(Br)c1. The molecule has 2 nitrogen and oxygen atoms in total. The number of nitrogens with zero attached hydrogens (tertiary/aromatic N) is 1. The fraction of sp³-hybridized carbons (Fsp3) is 0.667. The van der Waals surface area contributed by atoms with E-state index in [1.165, 1.54) is 35.1 Å². The fourth-order valence-corrected chi connectivity index (χ4v) is 3.49. The molecule has 1 aromatic rings. The van der Waals surface area contributed by atoms with Crippen LogP contribution in [0.3, 0.4) is 0 Å². The van der Waals surface area contributed by atoms with Crippen molar-refractivity contribution >= 4 is 15.9 Å². The highest BCUT2D eigenvalue weighted by Gasteiger charge is 2.24. The van der Waals surface area contributed by atoms with Crippen LogP contribution in [0, 0.1) is 11.8 Å². The van der Waals surface area contributed by atoms with Crippen molar-refractivity contribution in [1.82, 2.24) is 10.2 Å². The Hall–Kier alpha value is -0.380. The summed E-state index contributed by atoms with van der Waals surface area (Å²) in [6, 6.07) is 7.33. The zero-order valence-electron chi connectivity index (χ0n) is 13.8. The first-order valence-electron chi connectivity index (χ1n) is 8.18. The predicted octanol–water partition coefficient (Wildman–Crippen LogP) is 4.43. The van der Waals surface area contributed by atoms with E-state index in [0.29, 0.717) is 6.04 Å². The quantitative estimate of drug-likeness (QED) is 0.814. The van der Waals surface area contributed by atoms with E-state index < -0.39 is 0 Å². The lowest BCUT2D eigenvalue weighted by atomic mass is 9.95. The van der Waals surface area contributed by atoms with Gasteiger partial charge in [-0.15, -0.1) is 0 Å². The monoisotopic (exact) mass is 352 g/mol. The van der Waals surface area contributed by atoms with E-state index in [1.807, 2.05) is 0 Å². The summed E-state index contributed by atoms with van der Waals surface area (Å²) in [4.78, 5) is 2.59. The fourth-order valence-electron chi connectivity index (χ4n) is 2.94. The minimum absolute atomic E-state index is 0.529. The van der Waals surface area contributed by atoms with Crippen LogP contribution < -0.4 is 5.32 Å². The second-order valence-electron chi connectivity index (χ2n) is 6.99. The molecular formula is C18H29BrN2. The van der Waals surface area contributed by atoms with Gasteiger partial charge in [0.25, 0.3) is 0 Å². The van der Waals surface area contributed by atoms with E-state index in [9.17, 15) is 0 Å². The van der Waals surface area contributed by atoms with Crippen molar-refractivity contribution in [3.05, 3.63) is 33.8 Å². The Morgan fingerprint density at radius 1 is 1.29 bits per heavy atom. The van der Waals surface area contributed by atoms with Gasteiger partial charge in [0.2, 0.25) is 0 Å². The van der Waals surface area contributed by atoms with Crippen molar-refractivity contribution in [2.75, 3.05) is 13.1 Å². The molecule has 1 aromatic carbocycles. The van der Waals surface area contributed by atoms with Crippen molar-refractivity contribution in [3.63, 3.8) is 0 Å². The number of hydrogen-bond acceptors (Lipinski definition) is 2. The van der Waals surface area contributed by atoms with Crippen LogP contribution in [0.25, 0.3) is 0 Å². The number of rotatable bonds is 6. The highest BCUT2D eigenvalue weighted by Crippen LogP contribution is 2.27. The van der Waals surface area contributed by atoms with Gasteiger partial charge in [0.1, 0.15) is 0 Å². The Balaban J connectivity index is 1.92. The maximum absolute atomic E-state index is 3.75. The number of likely N-dealkylation sites (tertiary alicyclic amines) is 1. The van der Waals surface area contributed by atoms with Crippen LogP contribution >= 0.6 is 15.9 Å². The molecule has 1 atom stereocenters. The van der Waals surface area contributed by atoms with E-state index in [0.717, 1.165) is 24.9 Å². The van der Waals surface area contributed by atoms with Gasteiger partial charge in [-0.25, -0.2) is 0 Å². The molecule has 0 radical (unpaired) electrons. The minimum atomic E-state index is 0.529. The lowest BCUT2D eigenvalue weighted by Crippen LogP contribution is -2.22. The summed E-state index contributed by atoms with van der Waals surface area (Å²) in [6.07, 6.45) is 1.35. The van der Waals surface area contributed by atoms with Gasteiger partial charge in [-0.3, -0.25) is 4.90 Å². The highest BCUT2D eigenvalue weighted by atomic mass is 79.9. The summed E-state index contributed by atoms with van der Waals surface area (Å²) in [7, 11) is 0. The summed E-state index contributed by atoms with van der Waals surface area (Å²) >= 11 is 3.75. The van der Waals surface area contributed by atoms with E-state index >= 15 is 0 Å². The first kappa shape index (κ1) is 17.0. The molecule has 1 fully saturated rings. The maximum Gasteiger partial charge on any atom is 0.0245 e. The Labute approximate surface area is 138 Å². The van der Waals surface area contributed by atoms with Gasteiger partial charge in [0.15, 0.2) is 0 Å². The van der Waals surface area contributed by atoms with Crippen molar-refractivity contribution in [3.8, 4) is 0 Å². The number of benzene rings is 1. The summed E-state index contributed by atoms with van der Waals surface area (Å²) in [6.45, 7) is 13.6. The standard InChI is InChI=1S/C18H29BrN2/c1-13(2)16-7-8-21(11-16)12-17-6-5-15(9-18(17)19)10-20-14(3)4/h5-6,9,13-14,16,20H,7-8,10-12H2,1-4H3. The molecule has 21 heavy (non-hydrogen) atoms. The van der Waals surface area contributed by atoms with Gasteiger partial charge in [-0.1, -0.05) is 55.8 Å². The smallest absolute Gasteiger partial charge is 0.0245 e. The molecule has 118 valence electrons. The van der Waals surface area contributed by atoms with Crippen LogP contribution in [0.4, 0.5) is 0 Å². The zero-order valence-corrected chi connectivity index (χ0v) is 15.4. The Morgan fingerprint density at radius 3 is 2.62 bits per heavy atom. The van der Waals surface area contributed by atoms with Crippen LogP contribution in [0.2, 0.25) is 0 Å². The second-order valence-corrected chi connectivity index (χ2v) is 7.84. The molecule has 0 saturated carbocycles. The van der Waals surface area contributed by atoms with Crippen LogP contribution in [0.5, 0.6) is 0 Å². The summed E-state index contributed by atoms with van der Waals surface area (Å²) < 4.78 is 1.25. The summed E-state index contributed by atoms with van der Waals surface area (Å²) in [5.41, 5.74) is 2.76. The average Bonchev–Trinajstić information content (AvgIpc) is 2.88. The van der Waals surface area contributed by atoms with Crippen LogP contribution in [0.15, 0.2) is 22.7 Å². The lowest BCUT2D eigenvalue weighted by Gasteiger charge is -2.19. The predicted molar refractivity (Wildman–Crippen MR) is 94.3 cm³/mol. The van der Waals surface area contributed by atoms with Crippen molar-refractivity contribution in [2.24, 2.45) is 11.8 Å². The Morgan fingerprint density at radius 2 is 2.05 bits per heavy atom. The normalized spacial score (nSPS) is 19.9. The van der Waals surface area contributed by atoms with Crippen LogP contribution in [0.1, 0.15) is 45.2 Å². The molecule has 0 spiro atoms. The summed E-state index contributed by atoms with van der Waals surface area (Å²) in [5, 5.41) is 3.47. The molecule has 1 aliphatic heterocycles. The van der Waals surface area contributed by atoms with E-state index in [4.69, 9.17) is 0 Å². The molecule has 3 heteroatoms. The third-order valence-corrected chi connectivity index (χ3v) is 5.22. The lowest BCUT2D eigenvalue weighted by molar-refractivity contribution is 0.296. The Bertz CT molecular complexity index is 457. The first-order chi connectivity index (χ1) is 9.95. The molecule has 2 rings (SSSR count). The molecule has 1 saturated heterocycles. The number of halogens is 1. The largest absolute Gasteiger partial charge is 0.310 e. The highest BCUT2D eigenvalue weighted by molar-refractivity contribution is 9.10. The molecular weight excluding hydrogens is 324 g/mol. The Kier molecular flexibility index (Phi) is 6.27. The molecule has 1 aliphatic rings. The van der Waals surface area contributed by atoms with Crippen molar-refractivity contribution < 1.29 is 0 Å². The van der Waals surface area contributed by atoms with Gasteiger partial charge in [0.05, 0.1) is 0 Å². The van der Waals surface area contributed by atoms with E-state index in [-0.39, 0.29) is 0 Å².